The van der Waals surface area contributed by atoms with E-state index in [4.69, 9.17) is 0 Å². The van der Waals surface area contributed by atoms with Crippen LogP contribution in [0.3, 0.4) is 0 Å². The number of aromatic nitrogens is 2. The molecule has 0 saturated heterocycles. The number of thioether (sulfide) groups is 1. The van der Waals surface area contributed by atoms with Gasteiger partial charge < -0.3 is 10.6 Å². The summed E-state index contributed by atoms with van der Waals surface area (Å²) >= 11 is 2.33. The Morgan fingerprint density at radius 3 is 2.70 bits per heavy atom. The fourth-order valence-electron chi connectivity index (χ4n) is 1.52. The minimum absolute atomic E-state index is 0.0793. The maximum absolute atomic E-state index is 12.8. The molecule has 0 fully saturated rings. The van der Waals surface area contributed by atoms with E-state index in [0.29, 0.717) is 16.6 Å². The number of halogens is 1. The Labute approximate surface area is 140 Å². The van der Waals surface area contributed by atoms with Crippen LogP contribution in [0.2, 0.25) is 0 Å². The molecule has 0 unspecified atom stereocenters. The summed E-state index contributed by atoms with van der Waals surface area (Å²) in [5.74, 6) is -0.645. The van der Waals surface area contributed by atoms with Crippen LogP contribution in [-0.2, 0) is 4.79 Å². The molecule has 0 saturated carbocycles. The fraction of sp³-hybridized carbons (Fsp3) is 0.286. The second-order valence-corrected chi connectivity index (χ2v) is 6.67. The monoisotopic (exact) mass is 354 g/mol. The van der Waals surface area contributed by atoms with Gasteiger partial charge in [0, 0.05) is 12.2 Å². The molecule has 0 bridgehead atoms. The predicted molar refractivity (Wildman–Crippen MR) is 88.3 cm³/mol. The molecule has 2 aromatic rings. The Morgan fingerprint density at radius 2 is 2.00 bits per heavy atom. The van der Waals surface area contributed by atoms with Crippen LogP contribution in [0.25, 0.3) is 0 Å². The summed E-state index contributed by atoms with van der Waals surface area (Å²) in [7, 11) is 0. The zero-order chi connectivity index (χ0) is 16.7. The highest BCUT2D eigenvalue weighted by Gasteiger charge is 2.14. The van der Waals surface area contributed by atoms with Crippen LogP contribution >= 0.6 is 23.1 Å². The molecule has 0 aliphatic carbocycles. The molecule has 23 heavy (non-hydrogen) atoms. The zero-order valence-corrected chi connectivity index (χ0v) is 14.0. The number of carbonyl (C=O) groups excluding carboxylic acids is 2. The number of hydrogen-bond donors (Lipinski definition) is 2. The van der Waals surface area contributed by atoms with Crippen molar-refractivity contribution in [2.24, 2.45) is 0 Å². The number of anilines is 1. The summed E-state index contributed by atoms with van der Waals surface area (Å²) < 4.78 is 13.4. The molecule has 0 radical (unpaired) electrons. The van der Waals surface area contributed by atoms with Crippen LogP contribution in [-0.4, -0.2) is 34.3 Å². The molecule has 6 nitrogen and oxygen atoms in total. The van der Waals surface area contributed by atoms with Crippen molar-refractivity contribution in [2.45, 2.75) is 17.7 Å². The van der Waals surface area contributed by atoms with Gasteiger partial charge in [0.25, 0.3) is 5.91 Å². The van der Waals surface area contributed by atoms with E-state index in [-0.39, 0.29) is 22.5 Å². The topological polar surface area (TPSA) is 84.0 Å². The zero-order valence-electron chi connectivity index (χ0n) is 12.3. The molecule has 1 heterocycles. The molecule has 0 aliphatic heterocycles. The quantitative estimate of drug-likeness (QED) is 0.747. The van der Waals surface area contributed by atoms with Gasteiger partial charge in [-0.3, -0.25) is 9.59 Å². The number of amides is 2. The second kappa shape index (κ2) is 8.59. The lowest BCUT2D eigenvalue weighted by molar-refractivity contribution is -0.118. The Balaban J connectivity index is 1.87. The van der Waals surface area contributed by atoms with E-state index >= 15 is 0 Å². The minimum Gasteiger partial charge on any atom is -0.355 e. The van der Waals surface area contributed by atoms with Crippen LogP contribution in [0, 0.1) is 5.82 Å². The molecular weight excluding hydrogens is 339 g/mol. The summed E-state index contributed by atoms with van der Waals surface area (Å²) in [5.41, 5.74) is 0.472. The van der Waals surface area contributed by atoms with Crippen molar-refractivity contribution in [1.82, 2.24) is 15.5 Å². The molecular formula is C14H15FN4O2S2. The molecule has 2 amide bonds. The predicted octanol–water partition coefficient (Wildman–Crippen LogP) is 2.55. The lowest BCUT2D eigenvalue weighted by atomic mass is 10.3. The minimum atomic E-state index is -0.420. The highest BCUT2D eigenvalue weighted by atomic mass is 32.2. The number of nitrogens with one attached hydrogen (secondary N) is 2. The van der Waals surface area contributed by atoms with Crippen molar-refractivity contribution in [3.05, 3.63) is 35.1 Å². The first-order chi connectivity index (χ1) is 11.1. The van der Waals surface area contributed by atoms with E-state index in [1.54, 1.807) is 0 Å². The number of rotatable bonds is 7. The fourth-order valence-corrected chi connectivity index (χ4v) is 3.10. The van der Waals surface area contributed by atoms with Gasteiger partial charge in [-0.2, -0.15) is 0 Å². The summed E-state index contributed by atoms with van der Waals surface area (Å²) in [5, 5.41) is 13.2. The molecule has 9 heteroatoms. The molecule has 1 aromatic heterocycles. The average molecular weight is 354 g/mol. The lowest BCUT2D eigenvalue weighted by Gasteiger charge is -2.01. The maximum Gasteiger partial charge on any atom is 0.286 e. The smallest absolute Gasteiger partial charge is 0.286 e. The summed E-state index contributed by atoms with van der Waals surface area (Å²) in [6.45, 7) is 2.62. The van der Waals surface area contributed by atoms with E-state index in [9.17, 15) is 14.0 Å². The third-order valence-corrected chi connectivity index (χ3v) is 4.66. The molecule has 122 valence electrons. The summed E-state index contributed by atoms with van der Waals surface area (Å²) in [6.07, 6.45) is 0.878. The highest BCUT2D eigenvalue weighted by Crippen LogP contribution is 2.22. The number of nitrogens with zero attached hydrogens (tertiary/aromatic N) is 2. The SMILES string of the molecule is CCCNC(=O)CSc1nnc(C(=O)Nc2ccc(F)cc2)s1. The number of carbonyl (C=O) groups is 2. The first-order valence-electron chi connectivity index (χ1n) is 6.88. The Morgan fingerprint density at radius 1 is 1.26 bits per heavy atom. The van der Waals surface area contributed by atoms with Gasteiger partial charge in [0.05, 0.1) is 5.75 Å². The van der Waals surface area contributed by atoms with Crippen LogP contribution in [0.15, 0.2) is 28.6 Å². The largest absolute Gasteiger partial charge is 0.355 e. The number of hydrogen-bond acceptors (Lipinski definition) is 6. The third-order valence-electron chi connectivity index (χ3n) is 2.60. The molecule has 0 aliphatic rings. The van der Waals surface area contributed by atoms with Gasteiger partial charge >= 0.3 is 0 Å². The normalized spacial score (nSPS) is 10.3. The van der Waals surface area contributed by atoms with Crippen molar-refractivity contribution >= 4 is 40.6 Å². The van der Waals surface area contributed by atoms with Crippen LogP contribution in [0.4, 0.5) is 10.1 Å². The van der Waals surface area contributed by atoms with E-state index in [2.05, 4.69) is 20.8 Å². The van der Waals surface area contributed by atoms with Crippen molar-refractivity contribution in [3.8, 4) is 0 Å². The van der Waals surface area contributed by atoms with Gasteiger partial charge in [0.15, 0.2) is 4.34 Å². The van der Waals surface area contributed by atoms with Crippen molar-refractivity contribution in [3.63, 3.8) is 0 Å². The van der Waals surface area contributed by atoms with E-state index in [0.717, 1.165) is 17.8 Å². The lowest BCUT2D eigenvalue weighted by Crippen LogP contribution is -2.25. The van der Waals surface area contributed by atoms with Gasteiger partial charge in [-0.25, -0.2) is 4.39 Å². The molecule has 0 atom stereocenters. The highest BCUT2D eigenvalue weighted by molar-refractivity contribution is 8.01. The summed E-state index contributed by atoms with van der Waals surface area (Å²) in [6, 6.07) is 5.43. The van der Waals surface area contributed by atoms with Gasteiger partial charge in [-0.15, -0.1) is 10.2 Å². The molecule has 1 aromatic carbocycles. The first kappa shape index (κ1) is 17.4. The average Bonchev–Trinajstić information content (AvgIpc) is 3.02. The van der Waals surface area contributed by atoms with E-state index in [1.165, 1.54) is 36.0 Å². The molecule has 2 rings (SSSR count). The van der Waals surface area contributed by atoms with Crippen LogP contribution < -0.4 is 10.6 Å². The van der Waals surface area contributed by atoms with Crippen LogP contribution in [0.5, 0.6) is 0 Å². The van der Waals surface area contributed by atoms with Gasteiger partial charge in [-0.05, 0) is 30.7 Å². The second-order valence-electron chi connectivity index (χ2n) is 4.47. The van der Waals surface area contributed by atoms with E-state index in [1.807, 2.05) is 6.92 Å². The standard InChI is InChI=1S/C14H15FN4O2S2/c1-2-7-16-11(20)8-22-14-19-18-13(23-14)12(21)17-10-5-3-9(15)4-6-10/h3-6H,2,7-8H2,1H3,(H,16,20)(H,17,21). The van der Waals surface area contributed by atoms with Crippen molar-refractivity contribution < 1.29 is 14.0 Å². The van der Waals surface area contributed by atoms with Crippen LogP contribution in [0.1, 0.15) is 23.1 Å². The number of benzene rings is 1. The Kier molecular flexibility index (Phi) is 6.48. The maximum atomic E-state index is 12.8. The van der Waals surface area contributed by atoms with Crippen molar-refractivity contribution in [2.75, 3.05) is 17.6 Å². The van der Waals surface area contributed by atoms with Gasteiger partial charge in [0.2, 0.25) is 10.9 Å². The Bertz CT molecular complexity index is 676. The molecule has 2 N–H and O–H groups in total. The summed E-state index contributed by atoms with van der Waals surface area (Å²) in [4.78, 5) is 23.5. The Hall–Kier alpha value is -2.00. The van der Waals surface area contributed by atoms with Crippen molar-refractivity contribution in [1.29, 1.82) is 0 Å². The first-order valence-corrected chi connectivity index (χ1v) is 8.68. The van der Waals surface area contributed by atoms with Gasteiger partial charge in [0.1, 0.15) is 5.82 Å². The third kappa shape index (κ3) is 5.61. The van der Waals surface area contributed by atoms with Gasteiger partial charge in [-0.1, -0.05) is 30.0 Å². The molecule has 0 spiro atoms. The van der Waals surface area contributed by atoms with E-state index < -0.39 is 5.91 Å².